The maximum Gasteiger partial charge on any atom is 0.275 e. The molecule has 1 amide bonds. The van der Waals surface area contributed by atoms with Crippen LogP contribution in [0.15, 0.2) is 41.2 Å². The van der Waals surface area contributed by atoms with E-state index in [0.717, 1.165) is 5.69 Å². The maximum atomic E-state index is 13.1. The first-order valence-electron chi connectivity index (χ1n) is 10.6. The minimum absolute atomic E-state index is 0.0119. The van der Waals surface area contributed by atoms with Gasteiger partial charge in [-0.15, -0.1) is 0 Å². The smallest absolute Gasteiger partial charge is 0.275 e. The van der Waals surface area contributed by atoms with Gasteiger partial charge in [-0.05, 0) is 62.6 Å². The summed E-state index contributed by atoms with van der Waals surface area (Å²) in [7, 11) is 0. The van der Waals surface area contributed by atoms with E-state index in [4.69, 9.17) is 0 Å². The van der Waals surface area contributed by atoms with E-state index in [1.807, 2.05) is 13.0 Å². The van der Waals surface area contributed by atoms with Gasteiger partial charge in [-0.25, -0.2) is 8.91 Å². The fourth-order valence-corrected chi connectivity index (χ4v) is 4.09. The lowest BCUT2D eigenvalue weighted by Gasteiger charge is -2.31. The topological polar surface area (TPSA) is 87.5 Å². The van der Waals surface area contributed by atoms with Crippen LogP contribution >= 0.6 is 0 Å². The van der Waals surface area contributed by atoms with Crippen LogP contribution in [0.3, 0.4) is 0 Å². The van der Waals surface area contributed by atoms with Gasteiger partial charge in [0.1, 0.15) is 17.2 Å². The molecule has 2 aromatic heterocycles. The molecule has 1 aliphatic rings. The first-order valence-corrected chi connectivity index (χ1v) is 10.6. The lowest BCUT2D eigenvalue weighted by Crippen LogP contribution is -2.40. The van der Waals surface area contributed by atoms with Gasteiger partial charge in [0.05, 0.1) is 0 Å². The number of nitrogens with zero attached hydrogens (tertiary/aromatic N) is 3. The zero-order valence-electron chi connectivity index (χ0n) is 17.4. The Balaban J connectivity index is 1.27. The number of aromatic amines is 1. The summed E-state index contributed by atoms with van der Waals surface area (Å²) < 4.78 is 14.7. The number of Topliss-reactive ketones (excluding diaryl/α,β-unsaturated/α-hetero) is 1. The number of aryl methyl sites for hydroxylation is 2. The minimum Gasteiger partial charge on any atom is -0.343 e. The molecule has 0 unspecified atom stereocenters. The van der Waals surface area contributed by atoms with Gasteiger partial charge in [0, 0.05) is 43.1 Å². The van der Waals surface area contributed by atoms with Crippen LogP contribution in [-0.4, -0.2) is 44.3 Å². The number of amides is 1. The third kappa shape index (κ3) is 4.57. The highest BCUT2D eigenvalue weighted by Gasteiger charge is 2.27. The Bertz CT molecular complexity index is 1160. The Labute approximate surface area is 178 Å². The number of carbonyl (C=O) groups excluding carboxylic acids is 2. The maximum absolute atomic E-state index is 13.1. The van der Waals surface area contributed by atoms with E-state index in [1.54, 1.807) is 15.5 Å². The second kappa shape index (κ2) is 8.83. The zero-order valence-corrected chi connectivity index (χ0v) is 17.4. The number of fused-ring (bicyclic) bond motifs is 1. The van der Waals surface area contributed by atoms with Crippen molar-refractivity contribution >= 4 is 17.2 Å². The Morgan fingerprint density at radius 2 is 1.84 bits per heavy atom. The number of aromatic nitrogens is 3. The number of ketones is 1. The average Bonchev–Trinajstić information content (AvgIpc) is 3.15. The second-order valence-electron chi connectivity index (χ2n) is 8.05. The van der Waals surface area contributed by atoms with Crippen LogP contribution in [0.4, 0.5) is 4.39 Å². The summed E-state index contributed by atoms with van der Waals surface area (Å²) in [5, 5.41) is 4.44. The molecule has 1 N–H and O–H groups in total. The number of nitrogens with one attached hydrogen (secondary N) is 1. The molecule has 1 saturated heterocycles. The third-order valence-corrected chi connectivity index (χ3v) is 5.91. The van der Waals surface area contributed by atoms with Crippen LogP contribution in [-0.2, 0) is 11.2 Å². The van der Waals surface area contributed by atoms with Crippen molar-refractivity contribution in [1.82, 2.24) is 19.5 Å². The lowest BCUT2D eigenvalue weighted by atomic mass is 9.88. The van der Waals surface area contributed by atoms with E-state index in [0.29, 0.717) is 62.1 Å². The van der Waals surface area contributed by atoms with Crippen molar-refractivity contribution in [2.45, 2.75) is 39.0 Å². The standard InChI is InChI=1S/C23H25FN4O3/c1-15-5-10-19-23(31)25-20(26-28(15)19)3-2-4-21(29)27-13-11-17(12-14-27)22(30)16-6-8-18(24)9-7-16/h5-10,17H,2-4,11-14H2,1H3,(H,25,26,31). The third-order valence-electron chi connectivity index (χ3n) is 5.91. The number of hydrogen-bond acceptors (Lipinski definition) is 4. The van der Waals surface area contributed by atoms with Crippen LogP contribution in [0.1, 0.15) is 47.6 Å². The van der Waals surface area contributed by atoms with Crippen LogP contribution in [0.2, 0.25) is 0 Å². The summed E-state index contributed by atoms with van der Waals surface area (Å²) in [6.07, 6.45) is 2.68. The molecule has 0 saturated carbocycles. The van der Waals surface area contributed by atoms with E-state index < -0.39 is 0 Å². The first-order chi connectivity index (χ1) is 14.9. The molecule has 1 fully saturated rings. The van der Waals surface area contributed by atoms with Crippen molar-refractivity contribution in [2.75, 3.05) is 13.1 Å². The van der Waals surface area contributed by atoms with Gasteiger partial charge in [0.15, 0.2) is 5.78 Å². The molecule has 162 valence electrons. The lowest BCUT2D eigenvalue weighted by molar-refractivity contribution is -0.132. The Hall–Kier alpha value is -3.29. The molecule has 0 radical (unpaired) electrons. The van der Waals surface area contributed by atoms with Gasteiger partial charge in [0.2, 0.25) is 5.91 Å². The molecule has 0 spiro atoms. The minimum atomic E-state index is -0.361. The Kier molecular flexibility index (Phi) is 5.97. The van der Waals surface area contributed by atoms with Crippen molar-refractivity contribution in [3.8, 4) is 0 Å². The van der Waals surface area contributed by atoms with Crippen molar-refractivity contribution in [2.24, 2.45) is 5.92 Å². The molecule has 8 heteroatoms. The fraction of sp³-hybridized carbons (Fsp3) is 0.391. The predicted molar refractivity (Wildman–Crippen MR) is 114 cm³/mol. The average molecular weight is 424 g/mol. The van der Waals surface area contributed by atoms with Crippen molar-refractivity contribution in [3.63, 3.8) is 0 Å². The number of piperidine rings is 1. The number of halogens is 1. The predicted octanol–water partition coefficient (Wildman–Crippen LogP) is 2.91. The monoisotopic (exact) mass is 424 g/mol. The van der Waals surface area contributed by atoms with Crippen molar-refractivity contribution in [3.05, 3.63) is 69.7 Å². The van der Waals surface area contributed by atoms with Crippen LogP contribution in [0, 0.1) is 18.7 Å². The summed E-state index contributed by atoms with van der Waals surface area (Å²) >= 11 is 0. The summed E-state index contributed by atoms with van der Waals surface area (Å²) in [5.74, 6) is 0.124. The molecule has 31 heavy (non-hydrogen) atoms. The summed E-state index contributed by atoms with van der Waals surface area (Å²) in [6, 6.07) is 9.20. The molecule has 3 heterocycles. The van der Waals surface area contributed by atoms with E-state index in [-0.39, 0.29) is 29.0 Å². The van der Waals surface area contributed by atoms with Gasteiger partial charge in [-0.1, -0.05) is 0 Å². The molecule has 7 nitrogen and oxygen atoms in total. The van der Waals surface area contributed by atoms with E-state index >= 15 is 0 Å². The highest BCUT2D eigenvalue weighted by Crippen LogP contribution is 2.22. The Morgan fingerprint density at radius 1 is 1.13 bits per heavy atom. The first kappa shape index (κ1) is 21.0. The molecule has 1 aliphatic heterocycles. The largest absolute Gasteiger partial charge is 0.343 e. The van der Waals surface area contributed by atoms with Crippen molar-refractivity contribution < 1.29 is 14.0 Å². The highest BCUT2D eigenvalue weighted by molar-refractivity contribution is 5.98. The SMILES string of the molecule is Cc1ccc2c(=O)[nH]c(CCCC(=O)N3CCC(C(=O)c4ccc(F)cc4)CC3)nn12. The second-order valence-corrected chi connectivity index (χ2v) is 8.05. The molecule has 3 aromatic rings. The number of likely N-dealkylation sites (tertiary alicyclic amines) is 1. The fourth-order valence-electron chi connectivity index (χ4n) is 4.09. The molecular formula is C23H25FN4O3. The van der Waals surface area contributed by atoms with Gasteiger partial charge >= 0.3 is 0 Å². The van der Waals surface area contributed by atoms with Crippen LogP contribution in [0.25, 0.3) is 5.52 Å². The molecule has 0 bridgehead atoms. The summed E-state index contributed by atoms with van der Waals surface area (Å²) in [5.41, 5.74) is 1.73. The van der Waals surface area contributed by atoms with E-state index in [1.165, 1.54) is 24.3 Å². The number of hydrogen-bond donors (Lipinski definition) is 1. The molecule has 1 aromatic carbocycles. The number of benzene rings is 1. The molecular weight excluding hydrogens is 399 g/mol. The van der Waals surface area contributed by atoms with Crippen molar-refractivity contribution in [1.29, 1.82) is 0 Å². The quantitative estimate of drug-likeness (QED) is 0.617. The normalized spacial score (nSPS) is 14.8. The molecule has 0 aliphatic carbocycles. The Morgan fingerprint density at radius 3 is 2.55 bits per heavy atom. The van der Waals surface area contributed by atoms with Gasteiger partial charge in [0.25, 0.3) is 5.56 Å². The number of carbonyl (C=O) groups is 2. The van der Waals surface area contributed by atoms with E-state index in [2.05, 4.69) is 10.1 Å². The van der Waals surface area contributed by atoms with Gasteiger partial charge in [-0.3, -0.25) is 14.4 Å². The van der Waals surface area contributed by atoms with Crippen LogP contribution in [0.5, 0.6) is 0 Å². The van der Waals surface area contributed by atoms with E-state index in [9.17, 15) is 18.8 Å². The van der Waals surface area contributed by atoms with Gasteiger partial charge in [-0.2, -0.15) is 5.10 Å². The molecule has 4 rings (SSSR count). The number of rotatable bonds is 6. The zero-order chi connectivity index (χ0) is 22.0. The highest BCUT2D eigenvalue weighted by atomic mass is 19.1. The summed E-state index contributed by atoms with van der Waals surface area (Å²) in [6.45, 7) is 2.97. The van der Waals surface area contributed by atoms with Crippen LogP contribution < -0.4 is 5.56 Å². The van der Waals surface area contributed by atoms with Gasteiger partial charge < -0.3 is 9.88 Å². The number of H-pyrrole nitrogens is 1. The summed E-state index contributed by atoms with van der Waals surface area (Å²) in [4.78, 5) is 41.8. The molecule has 0 atom stereocenters.